The van der Waals surface area contributed by atoms with E-state index in [4.69, 9.17) is 4.74 Å². The summed E-state index contributed by atoms with van der Waals surface area (Å²) in [5, 5.41) is 2.35. The van der Waals surface area contributed by atoms with Crippen LogP contribution in [0.25, 0.3) is 0 Å². The van der Waals surface area contributed by atoms with Crippen LogP contribution in [0.1, 0.15) is 45.5 Å². The molecule has 0 radical (unpaired) electrons. The van der Waals surface area contributed by atoms with Gasteiger partial charge in [0.15, 0.2) is 0 Å². The molecular formula is C23H23N3O4. The minimum absolute atomic E-state index is 0.165. The fourth-order valence-electron chi connectivity index (χ4n) is 4.81. The van der Waals surface area contributed by atoms with Crippen LogP contribution in [-0.4, -0.2) is 40.7 Å². The molecule has 2 aromatic rings. The zero-order valence-corrected chi connectivity index (χ0v) is 16.8. The lowest BCUT2D eigenvalue weighted by molar-refractivity contribution is -0.136. The van der Waals surface area contributed by atoms with Crippen molar-refractivity contribution in [3.8, 4) is 5.75 Å². The highest BCUT2D eigenvalue weighted by atomic mass is 16.5. The van der Waals surface area contributed by atoms with Crippen LogP contribution in [0.5, 0.6) is 5.75 Å². The monoisotopic (exact) mass is 405 g/mol. The second-order valence-electron chi connectivity index (χ2n) is 8.10. The fourth-order valence-corrected chi connectivity index (χ4v) is 4.81. The molecule has 5 rings (SSSR count). The predicted octanol–water partition coefficient (Wildman–Crippen LogP) is 1.97. The van der Waals surface area contributed by atoms with Crippen LogP contribution < -0.4 is 10.1 Å². The summed E-state index contributed by atoms with van der Waals surface area (Å²) in [6.45, 7) is 2.67. The number of rotatable bonds is 4. The van der Waals surface area contributed by atoms with Crippen LogP contribution in [0.15, 0.2) is 36.4 Å². The van der Waals surface area contributed by atoms with Gasteiger partial charge in [0, 0.05) is 42.7 Å². The fraction of sp³-hybridized carbons (Fsp3) is 0.348. The molecule has 7 nitrogen and oxygen atoms in total. The van der Waals surface area contributed by atoms with Gasteiger partial charge in [0.05, 0.1) is 13.7 Å². The van der Waals surface area contributed by atoms with Gasteiger partial charge in [-0.2, -0.15) is 0 Å². The molecule has 3 aliphatic rings. The van der Waals surface area contributed by atoms with E-state index in [0.29, 0.717) is 18.5 Å². The maximum absolute atomic E-state index is 13.2. The summed E-state index contributed by atoms with van der Waals surface area (Å²) >= 11 is 0. The van der Waals surface area contributed by atoms with Crippen LogP contribution >= 0.6 is 0 Å². The molecule has 1 atom stereocenters. The quantitative estimate of drug-likeness (QED) is 0.787. The van der Waals surface area contributed by atoms with E-state index >= 15 is 0 Å². The summed E-state index contributed by atoms with van der Waals surface area (Å²) in [7, 11) is 1.63. The third kappa shape index (κ3) is 3.06. The molecule has 1 saturated heterocycles. The topological polar surface area (TPSA) is 79.0 Å². The third-order valence-corrected chi connectivity index (χ3v) is 6.21. The molecule has 0 bridgehead atoms. The second-order valence-corrected chi connectivity index (χ2v) is 8.10. The average Bonchev–Trinajstić information content (AvgIpc) is 3.28. The molecule has 0 aliphatic carbocycles. The van der Waals surface area contributed by atoms with Crippen LogP contribution in [-0.2, 0) is 35.8 Å². The number of carbonyl (C=O) groups is 3. The van der Waals surface area contributed by atoms with E-state index in [0.717, 1.165) is 42.1 Å². The Morgan fingerprint density at radius 3 is 2.60 bits per heavy atom. The zero-order chi connectivity index (χ0) is 20.8. The Bertz CT molecular complexity index is 1050. The first-order chi connectivity index (χ1) is 14.5. The average molecular weight is 405 g/mol. The largest absolute Gasteiger partial charge is 0.496 e. The molecular weight excluding hydrogens is 382 g/mol. The van der Waals surface area contributed by atoms with E-state index in [2.05, 4.69) is 22.3 Å². The molecule has 0 saturated carbocycles. The lowest BCUT2D eigenvalue weighted by Gasteiger charge is -2.29. The first-order valence-corrected chi connectivity index (χ1v) is 10.2. The Balaban J connectivity index is 1.41. The first kappa shape index (κ1) is 18.8. The molecule has 7 heteroatoms. The molecule has 1 unspecified atom stereocenters. The summed E-state index contributed by atoms with van der Waals surface area (Å²) in [6, 6.07) is 11.7. The molecule has 30 heavy (non-hydrogen) atoms. The summed E-state index contributed by atoms with van der Waals surface area (Å²) in [6.07, 6.45) is 0.607. The minimum atomic E-state index is -0.614. The van der Waals surface area contributed by atoms with Gasteiger partial charge in [-0.3, -0.25) is 24.6 Å². The van der Waals surface area contributed by atoms with Crippen LogP contribution in [0.4, 0.5) is 0 Å². The molecule has 1 N–H and O–H groups in total. The van der Waals surface area contributed by atoms with Gasteiger partial charge in [-0.05, 0) is 23.6 Å². The maximum atomic E-state index is 13.2. The minimum Gasteiger partial charge on any atom is -0.496 e. The Morgan fingerprint density at radius 1 is 1.07 bits per heavy atom. The molecule has 0 aromatic heterocycles. The van der Waals surface area contributed by atoms with Crippen molar-refractivity contribution in [1.82, 2.24) is 15.1 Å². The van der Waals surface area contributed by atoms with Crippen molar-refractivity contribution < 1.29 is 19.1 Å². The van der Waals surface area contributed by atoms with Crippen molar-refractivity contribution in [2.24, 2.45) is 0 Å². The third-order valence-electron chi connectivity index (χ3n) is 6.21. The van der Waals surface area contributed by atoms with E-state index in [9.17, 15) is 14.4 Å². The van der Waals surface area contributed by atoms with Gasteiger partial charge in [-0.1, -0.05) is 30.3 Å². The molecule has 2 aromatic carbocycles. The predicted molar refractivity (Wildman–Crippen MR) is 108 cm³/mol. The Kier molecular flexibility index (Phi) is 4.55. The van der Waals surface area contributed by atoms with Gasteiger partial charge in [0.25, 0.3) is 5.91 Å². The number of carbonyl (C=O) groups excluding carboxylic acids is 3. The number of ether oxygens (including phenoxy) is 1. The maximum Gasteiger partial charge on any atom is 0.255 e. The number of nitrogens with zero attached hydrogens (tertiary/aromatic N) is 2. The SMILES string of the molecule is COc1c2c(cc3c1CN(C1CCC(=O)NC1=O)C3=O)CN(Cc1ccccc1)C2. The number of hydrogen-bond donors (Lipinski definition) is 1. The normalized spacial score (nSPS) is 20.9. The van der Waals surface area contributed by atoms with Crippen molar-refractivity contribution >= 4 is 17.7 Å². The van der Waals surface area contributed by atoms with E-state index in [1.54, 1.807) is 12.0 Å². The molecule has 1 fully saturated rings. The smallest absolute Gasteiger partial charge is 0.255 e. The lowest BCUT2D eigenvalue weighted by atomic mass is 10.00. The van der Waals surface area contributed by atoms with Gasteiger partial charge in [-0.25, -0.2) is 0 Å². The van der Waals surface area contributed by atoms with Crippen molar-refractivity contribution in [3.63, 3.8) is 0 Å². The Hall–Kier alpha value is -3.19. The van der Waals surface area contributed by atoms with Crippen LogP contribution in [0, 0.1) is 0 Å². The Morgan fingerprint density at radius 2 is 1.87 bits per heavy atom. The molecule has 154 valence electrons. The number of benzene rings is 2. The number of hydrogen-bond acceptors (Lipinski definition) is 5. The Labute approximate surface area is 174 Å². The van der Waals surface area contributed by atoms with Crippen molar-refractivity contribution in [2.75, 3.05) is 7.11 Å². The number of imide groups is 1. The zero-order valence-electron chi connectivity index (χ0n) is 16.8. The molecule has 0 spiro atoms. The van der Waals surface area contributed by atoms with Gasteiger partial charge < -0.3 is 9.64 Å². The highest BCUT2D eigenvalue weighted by molar-refractivity contribution is 6.06. The van der Waals surface area contributed by atoms with E-state index in [1.807, 2.05) is 24.3 Å². The highest BCUT2D eigenvalue weighted by Gasteiger charge is 2.42. The van der Waals surface area contributed by atoms with E-state index in [1.165, 1.54) is 5.56 Å². The van der Waals surface area contributed by atoms with Gasteiger partial charge in [-0.15, -0.1) is 0 Å². The van der Waals surface area contributed by atoms with E-state index < -0.39 is 11.9 Å². The lowest BCUT2D eigenvalue weighted by Crippen LogP contribution is -2.52. The van der Waals surface area contributed by atoms with Crippen LogP contribution in [0.2, 0.25) is 0 Å². The number of nitrogens with one attached hydrogen (secondary N) is 1. The first-order valence-electron chi connectivity index (χ1n) is 10.2. The molecule has 3 heterocycles. The summed E-state index contributed by atoms with van der Waals surface area (Å²) in [5.74, 6) is -0.0910. The van der Waals surface area contributed by atoms with Gasteiger partial charge in [0.2, 0.25) is 11.8 Å². The van der Waals surface area contributed by atoms with E-state index in [-0.39, 0.29) is 18.2 Å². The standard InChI is InChI=1S/C23H23N3O4/c1-30-21-17-12-25(10-14-5-3-2-4-6-14)11-15(17)9-16-18(21)13-26(23(16)29)19-7-8-20(27)24-22(19)28/h2-6,9,19H,7-8,10-13H2,1H3,(H,24,27,28). The number of methoxy groups -OCH3 is 1. The van der Waals surface area contributed by atoms with Crippen molar-refractivity contribution in [3.05, 3.63) is 64.2 Å². The summed E-state index contributed by atoms with van der Waals surface area (Å²) in [5.41, 5.74) is 4.91. The second kappa shape index (κ2) is 7.25. The van der Waals surface area contributed by atoms with Crippen molar-refractivity contribution in [1.29, 1.82) is 0 Å². The number of piperidine rings is 1. The van der Waals surface area contributed by atoms with Crippen LogP contribution in [0.3, 0.4) is 0 Å². The number of amides is 3. The molecule has 3 aliphatic heterocycles. The van der Waals surface area contributed by atoms with Gasteiger partial charge in [0.1, 0.15) is 11.8 Å². The summed E-state index contributed by atoms with van der Waals surface area (Å²) < 4.78 is 5.77. The molecule has 3 amide bonds. The van der Waals surface area contributed by atoms with Crippen molar-refractivity contribution in [2.45, 2.75) is 45.1 Å². The highest BCUT2D eigenvalue weighted by Crippen LogP contribution is 2.41. The summed E-state index contributed by atoms with van der Waals surface area (Å²) in [4.78, 5) is 40.8. The number of fused-ring (bicyclic) bond motifs is 2. The van der Waals surface area contributed by atoms with Gasteiger partial charge >= 0.3 is 0 Å².